The Kier molecular flexibility index (Phi) is 7.24. The molecule has 196 valence electrons. The third kappa shape index (κ3) is 4.33. The quantitative estimate of drug-likeness (QED) is 0.227. The molecule has 4 nitrogen and oxygen atoms in total. The molecule has 1 aromatic carbocycles. The maximum Gasteiger partial charge on any atom is 0.460 e. The monoisotopic (exact) mass is 535 g/mol. The fourth-order valence-corrected chi connectivity index (χ4v) is 2.33. The maximum atomic E-state index is 13.8. The van der Waals surface area contributed by atoms with Crippen molar-refractivity contribution in [2.24, 2.45) is 0 Å². The SMILES string of the molecule is O=[N+]([O-])c1cccc(C(O)CC(F)(F)C(F)(F)C(F)(F)C(F)(F)C(F)(F)C(F)(F)C(F)(F)F)c1. The summed E-state index contributed by atoms with van der Waals surface area (Å²) in [5.74, 6) is -47.6. The van der Waals surface area contributed by atoms with Crippen LogP contribution >= 0.6 is 0 Å². The number of benzene rings is 1. The average molecular weight is 535 g/mol. The minimum atomic E-state index is -8.43. The van der Waals surface area contributed by atoms with Crippen molar-refractivity contribution in [3.63, 3.8) is 0 Å². The predicted molar refractivity (Wildman–Crippen MR) is 78.4 cm³/mol. The molecule has 0 bridgehead atoms. The zero-order valence-corrected chi connectivity index (χ0v) is 15.5. The molecule has 1 rings (SSSR count). The van der Waals surface area contributed by atoms with Gasteiger partial charge in [-0.1, -0.05) is 12.1 Å². The lowest BCUT2D eigenvalue weighted by Gasteiger charge is -2.41. The zero-order valence-electron chi connectivity index (χ0n) is 15.5. The second-order valence-electron chi connectivity index (χ2n) is 6.65. The average Bonchev–Trinajstić information content (AvgIpc) is 2.65. The normalized spacial score (nSPS) is 15.9. The number of halogens is 15. The highest BCUT2D eigenvalue weighted by Crippen LogP contribution is 2.63. The summed E-state index contributed by atoms with van der Waals surface area (Å²) >= 11 is 0. The Bertz CT molecular complexity index is 913. The van der Waals surface area contributed by atoms with Crippen LogP contribution in [0.3, 0.4) is 0 Å². The van der Waals surface area contributed by atoms with Gasteiger partial charge in [0, 0.05) is 18.6 Å². The van der Waals surface area contributed by atoms with E-state index in [2.05, 4.69) is 0 Å². The van der Waals surface area contributed by atoms with Crippen LogP contribution < -0.4 is 0 Å². The van der Waals surface area contributed by atoms with Gasteiger partial charge in [0.15, 0.2) is 0 Å². The molecule has 1 aromatic rings. The second kappa shape index (κ2) is 8.33. The third-order valence-electron chi connectivity index (χ3n) is 4.31. The molecule has 0 fully saturated rings. The van der Waals surface area contributed by atoms with Crippen LogP contribution in [-0.4, -0.2) is 51.7 Å². The molecule has 0 radical (unpaired) electrons. The Morgan fingerprint density at radius 2 is 1.15 bits per heavy atom. The first-order chi connectivity index (χ1) is 14.8. The van der Waals surface area contributed by atoms with Crippen LogP contribution in [0, 0.1) is 10.1 Å². The first kappa shape index (κ1) is 29.6. The molecule has 0 aliphatic heterocycles. The fourth-order valence-electron chi connectivity index (χ4n) is 2.33. The first-order valence-corrected chi connectivity index (χ1v) is 8.05. The lowest BCUT2D eigenvalue weighted by Crippen LogP contribution is -2.72. The number of aliphatic hydroxyl groups is 1. The van der Waals surface area contributed by atoms with E-state index in [9.17, 15) is 81.1 Å². The summed E-state index contributed by atoms with van der Waals surface area (Å²) in [5, 5.41) is 20.1. The molecule has 1 N–H and O–H groups in total. The highest BCUT2D eigenvalue weighted by Gasteiger charge is 2.93. The van der Waals surface area contributed by atoms with Crippen molar-refractivity contribution in [3.05, 3.63) is 39.9 Å². The molecule has 0 amide bonds. The molecule has 34 heavy (non-hydrogen) atoms. The van der Waals surface area contributed by atoms with Crippen LogP contribution in [-0.2, 0) is 0 Å². The number of nitrogens with zero attached hydrogens (tertiary/aromatic N) is 1. The molecule has 0 saturated carbocycles. The summed E-state index contributed by atoms with van der Waals surface area (Å²) < 4.78 is 197. The number of aliphatic hydroxyl groups excluding tert-OH is 1. The molecule has 0 aliphatic rings. The van der Waals surface area contributed by atoms with Crippen molar-refractivity contribution in [1.82, 2.24) is 0 Å². The lowest BCUT2D eigenvalue weighted by molar-refractivity contribution is -0.453. The van der Waals surface area contributed by atoms with Crippen LogP contribution in [0.1, 0.15) is 18.1 Å². The van der Waals surface area contributed by atoms with E-state index in [1.165, 1.54) is 0 Å². The van der Waals surface area contributed by atoms with E-state index in [0.717, 1.165) is 0 Å². The standard InChI is InChI=1S/C15H8F15NO3/c16-9(17,5-8(32)6-2-1-3-7(4-6)31(33)34)10(18,19)11(20,21)12(22,23)13(24,25)14(26,27)15(28,29)30/h1-4,8,32H,5H2. The second-order valence-corrected chi connectivity index (χ2v) is 6.65. The summed E-state index contributed by atoms with van der Waals surface area (Å²) in [7, 11) is 0. The smallest absolute Gasteiger partial charge is 0.388 e. The van der Waals surface area contributed by atoms with E-state index in [-0.39, 0.29) is 6.07 Å². The molecule has 1 unspecified atom stereocenters. The predicted octanol–water partition coefficient (Wildman–Crippen LogP) is 6.39. The Morgan fingerprint density at radius 1 is 0.735 bits per heavy atom. The van der Waals surface area contributed by atoms with Gasteiger partial charge in [-0.3, -0.25) is 10.1 Å². The van der Waals surface area contributed by atoms with E-state index < -0.39 is 70.4 Å². The maximum absolute atomic E-state index is 13.8. The molecule has 0 heterocycles. The molecule has 19 heteroatoms. The number of non-ortho nitro benzene ring substituents is 1. The van der Waals surface area contributed by atoms with Crippen LogP contribution in [0.15, 0.2) is 24.3 Å². The zero-order chi connectivity index (χ0) is 27.3. The van der Waals surface area contributed by atoms with Crippen molar-refractivity contribution < 1.29 is 75.9 Å². The van der Waals surface area contributed by atoms with Gasteiger partial charge in [-0.2, -0.15) is 65.9 Å². The lowest BCUT2D eigenvalue weighted by atomic mass is 9.88. The van der Waals surface area contributed by atoms with Crippen LogP contribution in [0.25, 0.3) is 0 Å². The number of hydrogen-bond donors (Lipinski definition) is 1. The number of nitro groups is 1. The minimum absolute atomic E-state index is 0.240. The van der Waals surface area contributed by atoms with Crippen LogP contribution in [0.5, 0.6) is 0 Å². The Morgan fingerprint density at radius 3 is 1.56 bits per heavy atom. The van der Waals surface area contributed by atoms with Crippen LogP contribution in [0.2, 0.25) is 0 Å². The van der Waals surface area contributed by atoms with Crippen molar-refractivity contribution in [3.8, 4) is 0 Å². The van der Waals surface area contributed by atoms with Gasteiger partial charge in [0.2, 0.25) is 0 Å². The Balaban J connectivity index is 3.46. The number of hydrogen-bond acceptors (Lipinski definition) is 3. The number of nitro benzene ring substituents is 1. The summed E-state index contributed by atoms with van der Waals surface area (Å²) in [6.45, 7) is 0. The highest BCUT2D eigenvalue weighted by atomic mass is 19.4. The molecule has 0 saturated heterocycles. The summed E-state index contributed by atoms with van der Waals surface area (Å²) in [5.41, 5.74) is -2.04. The van der Waals surface area contributed by atoms with Gasteiger partial charge >= 0.3 is 41.7 Å². The van der Waals surface area contributed by atoms with Crippen LogP contribution in [0.4, 0.5) is 71.5 Å². The van der Waals surface area contributed by atoms with Gasteiger partial charge in [-0.15, -0.1) is 0 Å². The first-order valence-electron chi connectivity index (χ1n) is 8.05. The summed E-state index contributed by atoms with van der Waals surface area (Å²) in [6, 6.07) is 2.09. The molecular weight excluding hydrogens is 527 g/mol. The molecule has 0 spiro atoms. The molecule has 1 atom stereocenters. The van der Waals surface area contributed by atoms with Crippen molar-refractivity contribution >= 4 is 5.69 Å². The van der Waals surface area contributed by atoms with Gasteiger partial charge < -0.3 is 5.11 Å². The van der Waals surface area contributed by atoms with Gasteiger partial charge in [0.1, 0.15) is 0 Å². The van der Waals surface area contributed by atoms with E-state index in [1.807, 2.05) is 0 Å². The topological polar surface area (TPSA) is 63.4 Å². The van der Waals surface area contributed by atoms with E-state index in [0.29, 0.717) is 18.2 Å². The van der Waals surface area contributed by atoms with Gasteiger partial charge in [0.25, 0.3) is 5.69 Å². The van der Waals surface area contributed by atoms with Gasteiger partial charge in [-0.05, 0) is 5.56 Å². The minimum Gasteiger partial charge on any atom is -0.388 e. The van der Waals surface area contributed by atoms with Crippen molar-refractivity contribution in [1.29, 1.82) is 0 Å². The van der Waals surface area contributed by atoms with Gasteiger partial charge in [0.05, 0.1) is 11.0 Å². The summed E-state index contributed by atoms with van der Waals surface area (Å²) in [4.78, 5) is 9.36. The molecule has 0 aliphatic carbocycles. The van der Waals surface area contributed by atoms with Crippen molar-refractivity contribution in [2.75, 3.05) is 0 Å². The largest absolute Gasteiger partial charge is 0.460 e. The Hall–Kier alpha value is -2.47. The highest BCUT2D eigenvalue weighted by molar-refractivity contribution is 5.35. The molecule has 0 aromatic heterocycles. The number of alkyl halides is 15. The van der Waals surface area contributed by atoms with Gasteiger partial charge in [-0.25, -0.2) is 0 Å². The Labute approximate surface area is 177 Å². The summed E-state index contributed by atoms with van der Waals surface area (Å²) in [6.07, 6.45) is -13.8. The van der Waals surface area contributed by atoms with E-state index in [1.54, 1.807) is 0 Å². The van der Waals surface area contributed by atoms with E-state index in [4.69, 9.17) is 0 Å². The third-order valence-corrected chi connectivity index (χ3v) is 4.31. The van der Waals surface area contributed by atoms with E-state index >= 15 is 0 Å². The fraction of sp³-hybridized carbons (Fsp3) is 0.600. The number of rotatable bonds is 9. The molecular formula is C15H8F15NO3. The van der Waals surface area contributed by atoms with Crippen molar-refractivity contribution in [2.45, 2.75) is 54.2 Å².